The molecule has 3 N–H and O–H groups in total. The number of phenols is 1. The standard InChI is InChI=1S/C25H25FN2O4/c26-17-3-1-15(2-4-17)21-19-6-5-18(29)13-20(19)28-23(22(21)16-7-11-32-12-8-16)27-14-25(9-10-25)24(30)31/h1-6,13,16,29H,7-12,14H2,(H,27,28)(H,30,31). The lowest BCUT2D eigenvalue weighted by atomic mass is 9.84. The van der Waals surface area contributed by atoms with Gasteiger partial charge in [-0.2, -0.15) is 0 Å². The van der Waals surface area contributed by atoms with Crippen LogP contribution in [0.15, 0.2) is 42.5 Å². The first-order chi connectivity index (χ1) is 15.5. The van der Waals surface area contributed by atoms with Crippen LogP contribution in [-0.4, -0.2) is 40.9 Å². The monoisotopic (exact) mass is 436 g/mol. The van der Waals surface area contributed by atoms with Crippen LogP contribution in [0.5, 0.6) is 5.75 Å². The van der Waals surface area contributed by atoms with E-state index in [9.17, 15) is 19.4 Å². The van der Waals surface area contributed by atoms with Crippen molar-refractivity contribution in [2.75, 3.05) is 25.1 Å². The number of anilines is 1. The number of hydrogen-bond acceptors (Lipinski definition) is 5. The number of fused-ring (bicyclic) bond motifs is 1. The largest absolute Gasteiger partial charge is 0.508 e. The molecule has 2 heterocycles. The van der Waals surface area contributed by atoms with E-state index in [1.165, 1.54) is 12.1 Å². The number of pyridine rings is 1. The number of phenolic OH excluding ortho intramolecular Hbond substituents is 1. The van der Waals surface area contributed by atoms with Crippen LogP contribution in [0.3, 0.4) is 0 Å². The molecule has 2 aromatic carbocycles. The number of nitrogens with zero attached hydrogens (tertiary/aromatic N) is 1. The number of carboxylic acid groups (broad SMARTS) is 1. The van der Waals surface area contributed by atoms with Gasteiger partial charge < -0.3 is 20.3 Å². The summed E-state index contributed by atoms with van der Waals surface area (Å²) >= 11 is 0. The van der Waals surface area contributed by atoms with E-state index < -0.39 is 11.4 Å². The average Bonchev–Trinajstić information content (AvgIpc) is 3.59. The average molecular weight is 436 g/mol. The number of aromatic nitrogens is 1. The summed E-state index contributed by atoms with van der Waals surface area (Å²) in [6.07, 6.45) is 2.92. The zero-order chi connectivity index (χ0) is 22.3. The van der Waals surface area contributed by atoms with Gasteiger partial charge in [0.15, 0.2) is 0 Å². The Morgan fingerprint density at radius 1 is 1.16 bits per heavy atom. The SMILES string of the molecule is O=C(O)C1(CNc2nc3cc(O)ccc3c(-c3ccc(F)cc3)c2C2CCOCC2)CC1. The molecular weight excluding hydrogens is 411 g/mol. The highest BCUT2D eigenvalue weighted by molar-refractivity contribution is 5.99. The second-order valence-electron chi connectivity index (χ2n) is 8.78. The van der Waals surface area contributed by atoms with Gasteiger partial charge in [0.25, 0.3) is 0 Å². The predicted molar refractivity (Wildman–Crippen MR) is 119 cm³/mol. The molecule has 0 spiro atoms. The first-order valence-electron chi connectivity index (χ1n) is 10.9. The molecule has 0 radical (unpaired) electrons. The zero-order valence-electron chi connectivity index (χ0n) is 17.6. The van der Waals surface area contributed by atoms with Gasteiger partial charge in [0, 0.05) is 36.8 Å². The van der Waals surface area contributed by atoms with Crippen molar-refractivity contribution in [3.8, 4) is 16.9 Å². The van der Waals surface area contributed by atoms with Crippen LogP contribution in [0.25, 0.3) is 22.0 Å². The van der Waals surface area contributed by atoms with Gasteiger partial charge in [-0.15, -0.1) is 0 Å². The topological polar surface area (TPSA) is 91.7 Å². The van der Waals surface area contributed by atoms with Gasteiger partial charge in [-0.05, 0) is 67.0 Å². The van der Waals surface area contributed by atoms with E-state index in [4.69, 9.17) is 9.72 Å². The van der Waals surface area contributed by atoms with E-state index in [0.29, 0.717) is 43.9 Å². The third-order valence-corrected chi connectivity index (χ3v) is 6.67. The Labute approximate surface area is 185 Å². The Morgan fingerprint density at radius 2 is 1.88 bits per heavy atom. The fraction of sp³-hybridized carbons (Fsp3) is 0.360. The second kappa shape index (κ2) is 8.06. The van der Waals surface area contributed by atoms with E-state index in [2.05, 4.69) is 5.32 Å². The molecule has 2 aliphatic rings. The fourth-order valence-corrected chi connectivity index (χ4v) is 4.58. The summed E-state index contributed by atoms with van der Waals surface area (Å²) in [7, 11) is 0. The van der Waals surface area contributed by atoms with Crippen molar-refractivity contribution < 1.29 is 24.1 Å². The summed E-state index contributed by atoms with van der Waals surface area (Å²) in [5, 5.41) is 23.9. The lowest BCUT2D eigenvalue weighted by Crippen LogP contribution is -2.26. The number of aromatic hydroxyl groups is 1. The van der Waals surface area contributed by atoms with E-state index in [1.807, 2.05) is 6.07 Å². The number of halogens is 1. The summed E-state index contributed by atoms with van der Waals surface area (Å²) in [5.74, 6) is -0.217. The molecule has 0 atom stereocenters. The summed E-state index contributed by atoms with van der Waals surface area (Å²) in [6.45, 7) is 1.57. The molecule has 6 nitrogen and oxygen atoms in total. The quantitative estimate of drug-likeness (QED) is 0.508. The minimum atomic E-state index is -0.796. The molecule has 3 aromatic rings. The van der Waals surface area contributed by atoms with Gasteiger partial charge in [0.05, 0.1) is 10.9 Å². The molecule has 5 rings (SSSR count). The minimum absolute atomic E-state index is 0.101. The number of ether oxygens (including phenoxy) is 1. The summed E-state index contributed by atoms with van der Waals surface area (Å²) in [5.41, 5.74) is 2.64. The Kier molecular flexibility index (Phi) is 5.21. The molecule has 1 saturated heterocycles. The molecule has 32 heavy (non-hydrogen) atoms. The Morgan fingerprint density at radius 3 is 2.53 bits per heavy atom. The van der Waals surface area contributed by atoms with Gasteiger partial charge in [-0.1, -0.05) is 12.1 Å². The normalized spacial score (nSPS) is 17.9. The first kappa shape index (κ1) is 20.7. The number of hydrogen-bond donors (Lipinski definition) is 3. The first-order valence-corrected chi connectivity index (χ1v) is 10.9. The number of carboxylic acids is 1. The Bertz CT molecular complexity index is 1170. The van der Waals surface area contributed by atoms with Crippen LogP contribution < -0.4 is 5.32 Å². The maximum absolute atomic E-state index is 13.7. The molecule has 0 unspecified atom stereocenters. The van der Waals surface area contributed by atoms with Crippen molar-refractivity contribution in [1.29, 1.82) is 0 Å². The summed E-state index contributed by atoms with van der Waals surface area (Å²) < 4.78 is 19.3. The zero-order valence-corrected chi connectivity index (χ0v) is 17.6. The van der Waals surface area contributed by atoms with Crippen LogP contribution in [0, 0.1) is 11.2 Å². The van der Waals surface area contributed by atoms with Crippen LogP contribution >= 0.6 is 0 Å². The third kappa shape index (κ3) is 3.77. The van der Waals surface area contributed by atoms with Crippen molar-refractivity contribution in [3.63, 3.8) is 0 Å². The van der Waals surface area contributed by atoms with Crippen molar-refractivity contribution in [2.45, 2.75) is 31.6 Å². The van der Waals surface area contributed by atoms with Gasteiger partial charge in [-0.25, -0.2) is 9.37 Å². The highest BCUT2D eigenvalue weighted by atomic mass is 19.1. The highest BCUT2D eigenvalue weighted by Crippen LogP contribution is 2.47. The van der Waals surface area contributed by atoms with E-state index in [-0.39, 0.29) is 17.5 Å². The molecule has 166 valence electrons. The Hall–Kier alpha value is -3.19. The second-order valence-corrected chi connectivity index (χ2v) is 8.78. The summed E-state index contributed by atoms with van der Waals surface area (Å²) in [4.78, 5) is 16.5. The van der Waals surface area contributed by atoms with E-state index in [1.54, 1.807) is 24.3 Å². The van der Waals surface area contributed by atoms with E-state index >= 15 is 0 Å². The number of benzene rings is 2. The minimum Gasteiger partial charge on any atom is -0.508 e. The van der Waals surface area contributed by atoms with Gasteiger partial charge >= 0.3 is 5.97 Å². The lowest BCUT2D eigenvalue weighted by molar-refractivity contribution is -0.142. The maximum atomic E-state index is 13.7. The molecule has 7 heteroatoms. The highest BCUT2D eigenvalue weighted by Gasteiger charge is 2.50. The molecule has 1 aliphatic carbocycles. The van der Waals surface area contributed by atoms with Crippen LogP contribution in [0.1, 0.15) is 37.2 Å². The number of rotatable bonds is 6. The van der Waals surface area contributed by atoms with Crippen molar-refractivity contribution >= 4 is 22.7 Å². The van der Waals surface area contributed by atoms with E-state index in [0.717, 1.165) is 34.9 Å². The molecule has 2 fully saturated rings. The van der Waals surface area contributed by atoms with Crippen molar-refractivity contribution in [2.24, 2.45) is 5.41 Å². The molecule has 0 bridgehead atoms. The molecule has 1 aromatic heterocycles. The molecular formula is C25H25FN2O4. The van der Waals surface area contributed by atoms with Crippen molar-refractivity contribution in [1.82, 2.24) is 4.98 Å². The number of nitrogens with one attached hydrogen (secondary N) is 1. The van der Waals surface area contributed by atoms with Crippen LogP contribution in [0.2, 0.25) is 0 Å². The maximum Gasteiger partial charge on any atom is 0.311 e. The van der Waals surface area contributed by atoms with Crippen LogP contribution in [-0.2, 0) is 9.53 Å². The van der Waals surface area contributed by atoms with Gasteiger partial charge in [0.1, 0.15) is 17.4 Å². The number of aliphatic carboxylic acids is 1. The summed E-state index contributed by atoms with van der Waals surface area (Å²) in [6, 6.07) is 11.4. The smallest absolute Gasteiger partial charge is 0.311 e. The number of carbonyl (C=O) groups is 1. The van der Waals surface area contributed by atoms with Crippen LogP contribution in [0.4, 0.5) is 10.2 Å². The lowest BCUT2D eigenvalue weighted by Gasteiger charge is -2.28. The van der Waals surface area contributed by atoms with Crippen molar-refractivity contribution in [3.05, 3.63) is 53.8 Å². The van der Waals surface area contributed by atoms with Gasteiger partial charge in [-0.3, -0.25) is 4.79 Å². The molecule has 1 saturated carbocycles. The fourth-order valence-electron chi connectivity index (χ4n) is 4.58. The molecule has 1 aliphatic heterocycles. The molecule has 0 amide bonds. The Balaban J connectivity index is 1.71. The predicted octanol–water partition coefficient (Wildman–Crippen LogP) is 4.92. The van der Waals surface area contributed by atoms with Gasteiger partial charge in [0.2, 0.25) is 0 Å². The third-order valence-electron chi connectivity index (χ3n) is 6.67.